The number of methoxy groups -OCH3 is 2. The van der Waals surface area contributed by atoms with E-state index in [-0.39, 0.29) is 17.3 Å². The number of carboxylic acid groups (broad SMARTS) is 1. The predicted molar refractivity (Wildman–Crippen MR) is 157 cm³/mol. The summed E-state index contributed by atoms with van der Waals surface area (Å²) in [4.78, 5) is 29.6. The Morgan fingerprint density at radius 1 is 1.05 bits per heavy atom. The van der Waals surface area contributed by atoms with E-state index in [4.69, 9.17) is 23.6 Å². The van der Waals surface area contributed by atoms with E-state index >= 15 is 0 Å². The highest BCUT2D eigenvalue weighted by Gasteiger charge is 2.22. The first-order valence-electron chi connectivity index (χ1n) is 11.8. The SMILES string of the molecule is COc1cc(C=Nn2c(-c3cc4c(OC)cccc4o3)nc3ccccc3c2=O)c(Br)c(Br)c1O[C@@H](C)C(=O)O. The molecule has 5 aromatic rings. The number of hydrogen-bond donors (Lipinski definition) is 1. The number of carboxylic acids is 1. The molecule has 0 bridgehead atoms. The highest BCUT2D eigenvalue weighted by atomic mass is 79.9. The number of nitrogens with zero attached hydrogens (tertiary/aromatic N) is 3. The van der Waals surface area contributed by atoms with Crippen molar-refractivity contribution in [2.24, 2.45) is 5.10 Å². The lowest BCUT2D eigenvalue weighted by atomic mass is 10.2. The largest absolute Gasteiger partial charge is 0.496 e. The lowest BCUT2D eigenvalue weighted by Crippen LogP contribution is -2.23. The number of halogens is 2. The first-order valence-corrected chi connectivity index (χ1v) is 13.4. The minimum atomic E-state index is -1.13. The van der Waals surface area contributed by atoms with Crippen LogP contribution in [0.3, 0.4) is 0 Å². The van der Waals surface area contributed by atoms with Crippen molar-refractivity contribution in [3.05, 3.63) is 79.5 Å². The van der Waals surface area contributed by atoms with Crippen molar-refractivity contribution in [2.75, 3.05) is 14.2 Å². The zero-order valence-corrected chi connectivity index (χ0v) is 24.5. The number of para-hydroxylation sites is 1. The summed E-state index contributed by atoms with van der Waals surface area (Å²) in [6.07, 6.45) is 0.329. The number of rotatable bonds is 8. The van der Waals surface area contributed by atoms with Crippen molar-refractivity contribution >= 4 is 65.9 Å². The van der Waals surface area contributed by atoms with E-state index in [1.54, 1.807) is 55.6 Å². The molecule has 0 aliphatic carbocycles. The maximum absolute atomic E-state index is 13.6. The van der Waals surface area contributed by atoms with Gasteiger partial charge in [-0.3, -0.25) is 4.79 Å². The summed E-state index contributed by atoms with van der Waals surface area (Å²) in [7, 11) is 3.00. The molecule has 0 saturated carbocycles. The third-order valence-electron chi connectivity index (χ3n) is 6.05. The molecular formula is C28H21Br2N3O7. The van der Waals surface area contributed by atoms with Crippen molar-refractivity contribution < 1.29 is 28.5 Å². The number of ether oxygens (including phenoxy) is 3. The fourth-order valence-electron chi connectivity index (χ4n) is 4.02. The smallest absolute Gasteiger partial charge is 0.344 e. The van der Waals surface area contributed by atoms with Crippen LogP contribution in [0.1, 0.15) is 12.5 Å². The number of fused-ring (bicyclic) bond motifs is 2. The molecule has 0 spiro atoms. The van der Waals surface area contributed by atoms with E-state index in [0.29, 0.717) is 42.5 Å². The fraction of sp³-hybridized carbons (Fsp3) is 0.143. The lowest BCUT2D eigenvalue weighted by Gasteiger charge is -2.17. The van der Waals surface area contributed by atoms with E-state index in [9.17, 15) is 14.7 Å². The van der Waals surface area contributed by atoms with Crippen LogP contribution < -0.4 is 19.8 Å². The Morgan fingerprint density at radius 3 is 2.52 bits per heavy atom. The summed E-state index contributed by atoms with van der Waals surface area (Å²) in [5.74, 6) is 0.459. The van der Waals surface area contributed by atoms with Crippen LogP contribution in [0.15, 0.2) is 77.9 Å². The molecule has 0 fully saturated rings. The molecule has 0 aliphatic rings. The van der Waals surface area contributed by atoms with Crippen LogP contribution in [-0.4, -0.2) is 47.3 Å². The molecule has 0 saturated heterocycles. The molecule has 2 heterocycles. The van der Waals surface area contributed by atoms with Crippen LogP contribution >= 0.6 is 31.9 Å². The maximum Gasteiger partial charge on any atom is 0.344 e. The summed E-state index contributed by atoms with van der Waals surface area (Å²) < 4.78 is 24.6. The van der Waals surface area contributed by atoms with E-state index in [2.05, 4.69) is 37.0 Å². The van der Waals surface area contributed by atoms with E-state index < -0.39 is 17.6 Å². The lowest BCUT2D eigenvalue weighted by molar-refractivity contribution is -0.144. The number of aliphatic carboxylic acids is 1. The number of carbonyl (C=O) groups is 1. The molecular weight excluding hydrogens is 650 g/mol. The van der Waals surface area contributed by atoms with Gasteiger partial charge in [0.15, 0.2) is 23.4 Å². The monoisotopic (exact) mass is 669 g/mol. The summed E-state index contributed by atoms with van der Waals surface area (Å²) in [6, 6.07) is 15.7. The molecule has 0 aliphatic heterocycles. The second-order valence-corrected chi connectivity index (χ2v) is 10.1. The highest BCUT2D eigenvalue weighted by Crippen LogP contribution is 2.43. The van der Waals surface area contributed by atoms with E-state index in [0.717, 1.165) is 10.1 Å². The molecule has 40 heavy (non-hydrogen) atoms. The molecule has 1 N–H and O–H groups in total. The van der Waals surface area contributed by atoms with Crippen LogP contribution in [0.4, 0.5) is 0 Å². The summed E-state index contributed by atoms with van der Waals surface area (Å²) in [5.41, 5.74) is 1.16. The summed E-state index contributed by atoms with van der Waals surface area (Å²) in [5, 5.41) is 14.9. The topological polar surface area (TPSA) is 125 Å². The summed E-state index contributed by atoms with van der Waals surface area (Å²) >= 11 is 6.94. The molecule has 2 aromatic heterocycles. The van der Waals surface area contributed by atoms with Gasteiger partial charge in [-0.1, -0.05) is 18.2 Å². The average Bonchev–Trinajstić information content (AvgIpc) is 3.40. The molecule has 5 rings (SSSR count). The maximum atomic E-state index is 13.6. The molecule has 1 atom stereocenters. The van der Waals surface area contributed by atoms with Gasteiger partial charge in [0.2, 0.25) is 5.82 Å². The molecule has 10 nitrogen and oxygen atoms in total. The molecule has 12 heteroatoms. The Morgan fingerprint density at radius 2 is 1.80 bits per heavy atom. The van der Waals surface area contributed by atoms with Crippen molar-refractivity contribution in [1.29, 1.82) is 0 Å². The van der Waals surface area contributed by atoms with Gasteiger partial charge in [0, 0.05) is 10.0 Å². The van der Waals surface area contributed by atoms with E-state index in [1.165, 1.54) is 20.2 Å². The van der Waals surface area contributed by atoms with Crippen molar-refractivity contribution in [1.82, 2.24) is 9.66 Å². The second-order valence-electron chi connectivity index (χ2n) is 8.52. The molecule has 3 aromatic carbocycles. The van der Waals surface area contributed by atoms with Gasteiger partial charge in [-0.2, -0.15) is 9.78 Å². The normalized spacial score (nSPS) is 12.2. The van der Waals surface area contributed by atoms with Gasteiger partial charge in [0.05, 0.1) is 41.2 Å². The zero-order chi connectivity index (χ0) is 28.6. The van der Waals surface area contributed by atoms with Crippen molar-refractivity contribution in [3.8, 4) is 28.8 Å². The van der Waals surface area contributed by atoms with Crippen molar-refractivity contribution in [2.45, 2.75) is 13.0 Å². The third-order valence-corrected chi connectivity index (χ3v) is 8.19. The molecule has 0 unspecified atom stereocenters. The Kier molecular flexibility index (Phi) is 7.63. The van der Waals surface area contributed by atoms with Crippen LogP contribution in [0.25, 0.3) is 33.5 Å². The van der Waals surface area contributed by atoms with Gasteiger partial charge in [-0.05, 0) is 75.2 Å². The van der Waals surface area contributed by atoms with Crippen LogP contribution in [-0.2, 0) is 4.79 Å². The van der Waals surface area contributed by atoms with Gasteiger partial charge < -0.3 is 23.7 Å². The minimum Gasteiger partial charge on any atom is -0.496 e. The van der Waals surface area contributed by atoms with Gasteiger partial charge in [-0.15, -0.1) is 0 Å². The number of hydrogen-bond acceptors (Lipinski definition) is 8. The highest BCUT2D eigenvalue weighted by molar-refractivity contribution is 9.13. The number of aromatic nitrogens is 2. The standard InChI is InChI=1S/C28H21Br2N3O7/c1-14(28(35)36)39-25-21(38-3)11-15(23(29)24(25)30)13-31-33-26(32-18-8-5-4-7-16(18)27(33)34)22-12-17-19(37-2)9-6-10-20(17)40-22/h4-14H,1-3H3,(H,35,36)/t14-/m0/s1. The molecule has 0 radical (unpaired) electrons. The molecule has 204 valence electrons. The van der Waals surface area contributed by atoms with Gasteiger partial charge >= 0.3 is 5.97 Å². The zero-order valence-electron chi connectivity index (χ0n) is 21.3. The Labute approximate surface area is 244 Å². The van der Waals surface area contributed by atoms with Gasteiger partial charge in [-0.25, -0.2) is 9.78 Å². The van der Waals surface area contributed by atoms with Crippen molar-refractivity contribution in [3.63, 3.8) is 0 Å². The van der Waals surface area contributed by atoms with Crippen LogP contribution in [0.5, 0.6) is 17.2 Å². The van der Waals surface area contributed by atoms with Gasteiger partial charge in [0.25, 0.3) is 5.56 Å². The summed E-state index contributed by atoms with van der Waals surface area (Å²) in [6.45, 7) is 1.41. The fourth-order valence-corrected chi connectivity index (χ4v) is 4.93. The van der Waals surface area contributed by atoms with Gasteiger partial charge in [0.1, 0.15) is 11.3 Å². The Bertz CT molecular complexity index is 1860. The van der Waals surface area contributed by atoms with Crippen LogP contribution in [0.2, 0.25) is 0 Å². The average molecular weight is 671 g/mol. The third kappa shape index (κ3) is 4.95. The quantitative estimate of drug-likeness (QED) is 0.197. The second kappa shape index (κ2) is 11.1. The first-order chi connectivity index (χ1) is 19.2. The first kappa shape index (κ1) is 27.4. The molecule has 0 amide bonds. The van der Waals surface area contributed by atoms with E-state index in [1.807, 2.05) is 6.07 Å². The number of furan rings is 1. The number of benzene rings is 3. The Hall–Kier alpha value is -4.16. The van der Waals surface area contributed by atoms with Crippen LogP contribution in [0, 0.1) is 0 Å². The Balaban J connectivity index is 1.67. The minimum absolute atomic E-state index is 0.190. The predicted octanol–water partition coefficient (Wildman–Crippen LogP) is 6.09.